The number of likely N-dealkylation sites (tertiary alicyclic amines) is 1. The lowest BCUT2D eigenvalue weighted by atomic mass is 9.97. The van der Waals surface area contributed by atoms with E-state index in [1.165, 1.54) is 11.3 Å². The molecule has 2 aromatic carbocycles. The van der Waals surface area contributed by atoms with Gasteiger partial charge < -0.3 is 9.84 Å². The van der Waals surface area contributed by atoms with Crippen molar-refractivity contribution in [1.82, 2.24) is 15.1 Å². The number of hydrogen-bond acceptors (Lipinski definition) is 7. The maximum atomic E-state index is 13.1. The highest BCUT2D eigenvalue weighted by atomic mass is 35.5. The highest BCUT2D eigenvalue weighted by Gasteiger charge is 2.25. The number of carboxylic acid groups (broad SMARTS) is 1. The topological polar surface area (TPSA) is 95.9 Å². The van der Waals surface area contributed by atoms with Crippen LogP contribution < -0.4 is 9.64 Å². The quantitative estimate of drug-likeness (QED) is 0.391. The SMILES string of the molecule is CCN(C(=O)c1ccccc1Cl)c1nnc(-c2cc(C)c(OCCN3CCC(C(=O)O)CC3)c(C)c2)s1. The predicted octanol–water partition coefficient (Wildman–Crippen LogP) is 5.32. The van der Waals surface area contributed by atoms with Gasteiger partial charge in [0, 0.05) is 18.7 Å². The Morgan fingerprint density at radius 1 is 1.16 bits per heavy atom. The Balaban J connectivity index is 1.41. The highest BCUT2D eigenvalue weighted by molar-refractivity contribution is 7.18. The van der Waals surface area contributed by atoms with E-state index < -0.39 is 5.97 Å². The summed E-state index contributed by atoms with van der Waals surface area (Å²) in [5.41, 5.74) is 3.34. The number of benzene rings is 2. The molecule has 0 atom stereocenters. The van der Waals surface area contributed by atoms with Crippen molar-refractivity contribution in [3.63, 3.8) is 0 Å². The number of rotatable bonds is 9. The molecular weight excluding hydrogens is 512 g/mol. The normalized spacial score (nSPS) is 14.5. The van der Waals surface area contributed by atoms with Crippen molar-refractivity contribution >= 4 is 39.9 Å². The second-order valence-electron chi connectivity index (χ2n) is 9.16. The standard InChI is InChI=1S/C27H31ClN4O4S/c1-4-32(25(33)21-7-5-6-8-22(21)28)27-30-29-24(37-27)20-15-17(2)23(18(3)16-20)36-14-13-31-11-9-19(10-12-31)26(34)35/h5-8,15-16,19H,4,9-14H2,1-3H3,(H,34,35). The zero-order chi connectivity index (χ0) is 26.5. The first-order valence-corrected chi connectivity index (χ1v) is 13.6. The van der Waals surface area contributed by atoms with Crippen LogP contribution in [-0.4, -0.2) is 64.9 Å². The van der Waals surface area contributed by atoms with E-state index in [0.717, 1.165) is 47.1 Å². The number of aryl methyl sites for hydroxylation is 2. The van der Waals surface area contributed by atoms with Gasteiger partial charge in [-0.2, -0.15) is 0 Å². The molecule has 1 amide bonds. The van der Waals surface area contributed by atoms with Crippen LogP contribution in [0, 0.1) is 19.8 Å². The van der Waals surface area contributed by atoms with E-state index in [-0.39, 0.29) is 11.8 Å². The second-order valence-corrected chi connectivity index (χ2v) is 10.5. The van der Waals surface area contributed by atoms with Crippen LogP contribution >= 0.6 is 22.9 Å². The minimum atomic E-state index is -0.695. The fraction of sp³-hybridized carbons (Fsp3) is 0.407. The van der Waals surface area contributed by atoms with Crippen LogP contribution in [0.1, 0.15) is 41.3 Å². The summed E-state index contributed by atoms with van der Waals surface area (Å²) in [4.78, 5) is 28.1. The fourth-order valence-electron chi connectivity index (χ4n) is 4.57. The molecule has 196 valence electrons. The number of nitrogens with zero attached hydrogens (tertiary/aromatic N) is 4. The largest absolute Gasteiger partial charge is 0.492 e. The lowest BCUT2D eigenvalue weighted by molar-refractivity contribution is -0.143. The van der Waals surface area contributed by atoms with Crippen molar-refractivity contribution in [1.29, 1.82) is 0 Å². The summed E-state index contributed by atoms with van der Waals surface area (Å²) >= 11 is 7.60. The Labute approximate surface area is 225 Å². The summed E-state index contributed by atoms with van der Waals surface area (Å²) in [6.07, 6.45) is 1.37. The van der Waals surface area contributed by atoms with Gasteiger partial charge in [-0.15, -0.1) is 10.2 Å². The maximum absolute atomic E-state index is 13.1. The third-order valence-electron chi connectivity index (χ3n) is 6.61. The molecule has 10 heteroatoms. The van der Waals surface area contributed by atoms with Crippen LogP contribution in [0.25, 0.3) is 10.6 Å². The molecule has 0 radical (unpaired) electrons. The van der Waals surface area contributed by atoms with Crippen molar-refractivity contribution in [2.45, 2.75) is 33.6 Å². The number of ether oxygens (including phenoxy) is 1. The van der Waals surface area contributed by atoms with E-state index in [4.69, 9.17) is 21.4 Å². The van der Waals surface area contributed by atoms with Crippen LogP contribution in [0.3, 0.4) is 0 Å². The number of halogens is 1. The van der Waals surface area contributed by atoms with Crippen LogP contribution in [-0.2, 0) is 4.79 Å². The van der Waals surface area contributed by atoms with Crippen molar-refractivity contribution in [3.05, 3.63) is 58.1 Å². The van der Waals surface area contributed by atoms with Gasteiger partial charge in [-0.1, -0.05) is 35.1 Å². The molecule has 4 rings (SSSR count). The minimum absolute atomic E-state index is 0.209. The van der Waals surface area contributed by atoms with Gasteiger partial charge in [0.25, 0.3) is 5.91 Å². The molecule has 0 unspecified atom stereocenters. The average Bonchev–Trinajstić information content (AvgIpc) is 3.36. The van der Waals surface area contributed by atoms with Gasteiger partial charge in [0.2, 0.25) is 5.13 Å². The minimum Gasteiger partial charge on any atom is -0.492 e. The van der Waals surface area contributed by atoms with Crippen molar-refractivity contribution in [2.75, 3.05) is 37.7 Å². The molecule has 0 saturated carbocycles. The summed E-state index contributed by atoms with van der Waals surface area (Å²) in [5, 5.41) is 19.5. The van der Waals surface area contributed by atoms with Gasteiger partial charge in [0.05, 0.1) is 16.5 Å². The fourth-order valence-corrected chi connectivity index (χ4v) is 5.68. The van der Waals surface area contributed by atoms with Crippen LogP contribution in [0.15, 0.2) is 36.4 Å². The van der Waals surface area contributed by atoms with Crippen LogP contribution in [0.4, 0.5) is 5.13 Å². The zero-order valence-corrected chi connectivity index (χ0v) is 22.8. The van der Waals surface area contributed by atoms with Gasteiger partial charge in [-0.3, -0.25) is 19.4 Å². The molecule has 1 N–H and O–H groups in total. The Kier molecular flexibility index (Phi) is 8.79. The van der Waals surface area contributed by atoms with Gasteiger partial charge in [0.1, 0.15) is 17.4 Å². The molecule has 1 aliphatic heterocycles. The predicted molar refractivity (Wildman–Crippen MR) is 146 cm³/mol. The molecule has 3 aromatic rings. The molecule has 1 aromatic heterocycles. The summed E-state index contributed by atoms with van der Waals surface area (Å²) in [5.74, 6) is -0.287. The first kappa shape index (κ1) is 27.0. The van der Waals surface area contributed by atoms with E-state index in [0.29, 0.717) is 41.7 Å². The lowest BCUT2D eigenvalue weighted by Crippen LogP contribution is -2.38. The number of anilines is 1. The number of carbonyl (C=O) groups excluding carboxylic acids is 1. The summed E-state index contributed by atoms with van der Waals surface area (Å²) in [6, 6.07) is 11.0. The summed E-state index contributed by atoms with van der Waals surface area (Å²) in [6.45, 7) is 9.21. The molecule has 0 aliphatic carbocycles. The smallest absolute Gasteiger partial charge is 0.306 e. The summed E-state index contributed by atoms with van der Waals surface area (Å²) in [7, 11) is 0. The number of piperidine rings is 1. The van der Waals surface area contributed by atoms with E-state index in [2.05, 4.69) is 15.1 Å². The van der Waals surface area contributed by atoms with E-state index in [1.807, 2.05) is 32.9 Å². The highest BCUT2D eigenvalue weighted by Crippen LogP contribution is 2.34. The average molecular weight is 543 g/mol. The number of aliphatic carboxylic acids is 1. The first-order valence-electron chi connectivity index (χ1n) is 12.4. The number of amides is 1. The Bertz CT molecular complexity index is 1250. The third kappa shape index (κ3) is 6.29. The molecule has 0 spiro atoms. The van der Waals surface area contributed by atoms with Crippen LogP contribution in [0.5, 0.6) is 5.75 Å². The number of carbonyl (C=O) groups is 2. The summed E-state index contributed by atoms with van der Waals surface area (Å²) < 4.78 is 6.13. The molecule has 8 nitrogen and oxygen atoms in total. The molecular formula is C27H31ClN4O4S. The molecule has 1 saturated heterocycles. The Morgan fingerprint density at radius 2 is 1.84 bits per heavy atom. The van der Waals surface area contributed by atoms with Crippen molar-refractivity contribution in [3.8, 4) is 16.3 Å². The van der Waals surface area contributed by atoms with Gasteiger partial charge >= 0.3 is 5.97 Å². The second kappa shape index (κ2) is 12.0. The first-order chi connectivity index (χ1) is 17.8. The van der Waals surface area contributed by atoms with E-state index >= 15 is 0 Å². The molecule has 0 bridgehead atoms. The Hall–Kier alpha value is -3.01. The van der Waals surface area contributed by atoms with Gasteiger partial charge in [0.15, 0.2) is 0 Å². The third-order valence-corrected chi connectivity index (χ3v) is 7.93. The molecule has 2 heterocycles. The Morgan fingerprint density at radius 3 is 2.46 bits per heavy atom. The van der Waals surface area contributed by atoms with E-state index in [1.54, 1.807) is 29.2 Å². The van der Waals surface area contributed by atoms with Crippen molar-refractivity contribution in [2.24, 2.45) is 5.92 Å². The van der Waals surface area contributed by atoms with Gasteiger partial charge in [-0.25, -0.2) is 0 Å². The zero-order valence-electron chi connectivity index (χ0n) is 21.2. The molecule has 1 fully saturated rings. The van der Waals surface area contributed by atoms with Gasteiger partial charge in [-0.05, 0) is 82.1 Å². The van der Waals surface area contributed by atoms with Crippen LogP contribution in [0.2, 0.25) is 5.02 Å². The van der Waals surface area contributed by atoms with E-state index in [9.17, 15) is 9.59 Å². The monoisotopic (exact) mass is 542 g/mol. The lowest BCUT2D eigenvalue weighted by Gasteiger charge is -2.30. The number of hydrogen-bond donors (Lipinski definition) is 1. The number of carboxylic acids is 1. The molecule has 1 aliphatic rings. The maximum Gasteiger partial charge on any atom is 0.306 e. The molecule has 37 heavy (non-hydrogen) atoms. The van der Waals surface area contributed by atoms with Crippen molar-refractivity contribution < 1.29 is 19.4 Å². The number of aromatic nitrogens is 2.